The van der Waals surface area contributed by atoms with Gasteiger partial charge in [-0.25, -0.2) is 13.2 Å². The van der Waals surface area contributed by atoms with Crippen molar-refractivity contribution in [2.24, 2.45) is 5.92 Å². The molecule has 27 heavy (non-hydrogen) atoms. The minimum Gasteiger partial charge on any atom is -0.338 e. The zero-order valence-corrected chi connectivity index (χ0v) is 17.9. The van der Waals surface area contributed by atoms with Gasteiger partial charge < -0.3 is 10.6 Å². The molecule has 0 bridgehead atoms. The third-order valence-electron chi connectivity index (χ3n) is 4.43. The van der Waals surface area contributed by atoms with Crippen LogP contribution in [0.4, 0.5) is 10.5 Å². The number of carbonyl (C=O) groups excluding carboxylic acids is 1. The first kappa shape index (κ1) is 23.4. The van der Waals surface area contributed by atoms with Crippen molar-refractivity contribution in [1.29, 1.82) is 0 Å². The van der Waals surface area contributed by atoms with Crippen LogP contribution < -0.4 is 10.6 Å². The Morgan fingerprint density at radius 2 is 1.74 bits per heavy atom. The minimum absolute atomic E-state index is 0.189. The average molecular weight is 398 g/mol. The van der Waals surface area contributed by atoms with Gasteiger partial charge in [0, 0.05) is 25.3 Å². The third-order valence-corrected chi connectivity index (χ3v) is 6.47. The van der Waals surface area contributed by atoms with Crippen LogP contribution >= 0.6 is 0 Å². The van der Waals surface area contributed by atoms with Gasteiger partial charge in [0.05, 0.1) is 4.90 Å². The summed E-state index contributed by atoms with van der Waals surface area (Å²) < 4.78 is 26.5. The fraction of sp³-hybridized carbons (Fsp3) is 0.650. The van der Waals surface area contributed by atoms with E-state index in [1.54, 1.807) is 32.0 Å². The third kappa shape index (κ3) is 8.30. The van der Waals surface area contributed by atoms with Crippen LogP contribution in [0.3, 0.4) is 0 Å². The maximum absolute atomic E-state index is 12.6. The lowest BCUT2D eigenvalue weighted by Crippen LogP contribution is -2.31. The number of urea groups is 1. The number of benzene rings is 1. The Bertz CT molecular complexity index is 671. The summed E-state index contributed by atoms with van der Waals surface area (Å²) in [6, 6.07) is 6.06. The molecule has 0 saturated heterocycles. The first-order valence-electron chi connectivity index (χ1n) is 9.96. The van der Waals surface area contributed by atoms with Crippen molar-refractivity contribution < 1.29 is 13.2 Å². The minimum atomic E-state index is -3.53. The molecular weight excluding hydrogens is 362 g/mol. The van der Waals surface area contributed by atoms with Gasteiger partial charge in [-0.2, -0.15) is 4.31 Å². The van der Waals surface area contributed by atoms with Crippen molar-refractivity contribution >= 4 is 21.7 Å². The van der Waals surface area contributed by atoms with Crippen LogP contribution in [0.2, 0.25) is 0 Å². The van der Waals surface area contributed by atoms with Crippen molar-refractivity contribution in [3.8, 4) is 0 Å². The number of nitrogens with zero attached hydrogens (tertiary/aromatic N) is 1. The highest BCUT2D eigenvalue weighted by molar-refractivity contribution is 7.89. The van der Waals surface area contributed by atoms with Gasteiger partial charge in [-0.1, -0.05) is 59.4 Å². The molecule has 1 aromatic rings. The number of unbranched alkanes of at least 4 members (excludes halogenated alkanes) is 3. The molecule has 2 amide bonds. The molecule has 0 unspecified atom stereocenters. The summed E-state index contributed by atoms with van der Waals surface area (Å²) in [5.74, 6) is 0.746. The molecule has 0 saturated carbocycles. The zero-order chi connectivity index (χ0) is 20.3. The Labute approximate surface area is 164 Å². The molecular formula is C20H35N3O3S. The fourth-order valence-corrected chi connectivity index (χ4v) is 4.36. The molecule has 1 aromatic carbocycles. The molecule has 6 nitrogen and oxygen atoms in total. The number of amides is 2. The number of carbonyl (C=O) groups is 1. The van der Waals surface area contributed by atoms with Gasteiger partial charge in [-0.15, -0.1) is 0 Å². The van der Waals surface area contributed by atoms with E-state index in [1.807, 2.05) is 0 Å². The summed E-state index contributed by atoms with van der Waals surface area (Å²) in [5, 5.41) is 5.54. The standard InChI is InChI=1S/C20H35N3O3S/c1-5-23(6-2)27(25,26)19-14-11-13-18(16-19)22-20(24)21-15-10-8-7-9-12-17(3)4/h11,13-14,16-17H,5-10,12,15H2,1-4H3,(H2,21,22,24). The Morgan fingerprint density at radius 1 is 1.07 bits per heavy atom. The van der Waals surface area contributed by atoms with E-state index in [0.717, 1.165) is 18.8 Å². The summed E-state index contributed by atoms with van der Waals surface area (Å²) in [6.45, 7) is 9.51. The van der Waals surface area contributed by atoms with Crippen molar-refractivity contribution in [2.75, 3.05) is 25.0 Å². The molecule has 0 aliphatic carbocycles. The van der Waals surface area contributed by atoms with E-state index in [0.29, 0.717) is 25.3 Å². The predicted molar refractivity (Wildman–Crippen MR) is 111 cm³/mol. The molecule has 1 rings (SSSR count). The molecule has 0 spiro atoms. The SMILES string of the molecule is CCN(CC)S(=O)(=O)c1cccc(NC(=O)NCCCCCCC(C)C)c1. The number of anilines is 1. The maximum Gasteiger partial charge on any atom is 0.319 e. The van der Waals surface area contributed by atoms with Gasteiger partial charge in [-0.05, 0) is 30.5 Å². The highest BCUT2D eigenvalue weighted by Crippen LogP contribution is 2.19. The molecule has 0 aliphatic rings. The summed E-state index contributed by atoms with van der Waals surface area (Å²) in [7, 11) is -3.53. The van der Waals surface area contributed by atoms with Crippen molar-refractivity contribution in [3.63, 3.8) is 0 Å². The largest absolute Gasteiger partial charge is 0.338 e. The van der Waals surface area contributed by atoms with E-state index in [2.05, 4.69) is 24.5 Å². The molecule has 0 aliphatic heterocycles. The van der Waals surface area contributed by atoms with Crippen LogP contribution in [0.1, 0.15) is 59.8 Å². The maximum atomic E-state index is 12.6. The molecule has 0 atom stereocenters. The summed E-state index contributed by atoms with van der Waals surface area (Å²) in [4.78, 5) is 12.2. The van der Waals surface area contributed by atoms with Crippen molar-refractivity contribution in [1.82, 2.24) is 9.62 Å². The fourth-order valence-electron chi connectivity index (χ4n) is 2.86. The normalized spacial score (nSPS) is 11.8. The lowest BCUT2D eigenvalue weighted by Gasteiger charge is -2.18. The number of nitrogens with one attached hydrogen (secondary N) is 2. The van der Waals surface area contributed by atoms with Gasteiger partial charge in [0.1, 0.15) is 0 Å². The summed E-state index contributed by atoms with van der Waals surface area (Å²) in [5.41, 5.74) is 0.470. The monoisotopic (exact) mass is 397 g/mol. The van der Waals surface area contributed by atoms with E-state index >= 15 is 0 Å². The quantitative estimate of drug-likeness (QED) is 0.512. The Balaban J connectivity index is 2.47. The summed E-state index contributed by atoms with van der Waals surface area (Å²) >= 11 is 0. The van der Waals surface area contributed by atoms with Gasteiger partial charge >= 0.3 is 6.03 Å². The van der Waals surface area contributed by atoms with Crippen LogP contribution in [0.5, 0.6) is 0 Å². The van der Waals surface area contributed by atoms with E-state index in [4.69, 9.17) is 0 Å². The topological polar surface area (TPSA) is 78.5 Å². The summed E-state index contributed by atoms with van der Waals surface area (Å²) in [6.07, 6.45) is 5.72. The number of hydrogen-bond donors (Lipinski definition) is 2. The first-order chi connectivity index (χ1) is 12.8. The molecule has 0 heterocycles. The molecule has 0 aromatic heterocycles. The highest BCUT2D eigenvalue weighted by Gasteiger charge is 2.21. The Hall–Kier alpha value is -1.60. The van der Waals surface area contributed by atoms with Crippen molar-refractivity contribution in [2.45, 2.75) is 64.7 Å². The van der Waals surface area contributed by atoms with E-state index in [1.165, 1.54) is 29.6 Å². The average Bonchev–Trinajstić information content (AvgIpc) is 2.61. The second kappa shape index (κ2) is 12.0. The number of hydrogen-bond acceptors (Lipinski definition) is 3. The van der Waals surface area contributed by atoms with Crippen LogP contribution in [-0.4, -0.2) is 38.4 Å². The van der Waals surface area contributed by atoms with Gasteiger partial charge in [-0.3, -0.25) is 0 Å². The van der Waals surface area contributed by atoms with Crippen LogP contribution in [0.15, 0.2) is 29.2 Å². The lowest BCUT2D eigenvalue weighted by molar-refractivity contribution is 0.252. The molecule has 154 valence electrons. The van der Waals surface area contributed by atoms with E-state index in [-0.39, 0.29) is 10.9 Å². The smallest absolute Gasteiger partial charge is 0.319 e. The predicted octanol–water partition coefficient (Wildman–Crippen LogP) is 4.45. The lowest BCUT2D eigenvalue weighted by atomic mass is 10.0. The van der Waals surface area contributed by atoms with Crippen molar-refractivity contribution in [3.05, 3.63) is 24.3 Å². The second-order valence-corrected chi connectivity index (χ2v) is 9.03. The van der Waals surface area contributed by atoms with Crippen LogP contribution in [0, 0.1) is 5.92 Å². The molecule has 0 fully saturated rings. The number of sulfonamides is 1. The van der Waals surface area contributed by atoms with Crippen LogP contribution in [0.25, 0.3) is 0 Å². The van der Waals surface area contributed by atoms with Gasteiger partial charge in [0.15, 0.2) is 0 Å². The molecule has 7 heteroatoms. The molecule has 0 radical (unpaired) electrons. The molecule has 2 N–H and O–H groups in total. The zero-order valence-electron chi connectivity index (χ0n) is 17.1. The van der Waals surface area contributed by atoms with E-state index in [9.17, 15) is 13.2 Å². The van der Waals surface area contributed by atoms with E-state index < -0.39 is 10.0 Å². The van der Waals surface area contributed by atoms with Gasteiger partial charge in [0.25, 0.3) is 0 Å². The first-order valence-corrected chi connectivity index (χ1v) is 11.4. The van der Waals surface area contributed by atoms with Crippen LogP contribution in [-0.2, 0) is 10.0 Å². The van der Waals surface area contributed by atoms with Gasteiger partial charge in [0.2, 0.25) is 10.0 Å². The highest BCUT2D eigenvalue weighted by atomic mass is 32.2. The Kier molecular flexibility index (Phi) is 10.4. The second-order valence-electron chi connectivity index (χ2n) is 7.09. The Morgan fingerprint density at radius 3 is 2.37 bits per heavy atom. The number of rotatable bonds is 12.